The summed E-state index contributed by atoms with van der Waals surface area (Å²) in [6, 6.07) is 0. The van der Waals surface area contributed by atoms with E-state index in [0.717, 1.165) is 0 Å². The average molecular weight is 620 g/mol. The molecule has 4 nitrogen and oxygen atoms in total. The van der Waals surface area contributed by atoms with Gasteiger partial charge in [-0.25, -0.2) is 0 Å². The van der Waals surface area contributed by atoms with Gasteiger partial charge in [0.2, 0.25) is 0 Å². The zero-order chi connectivity index (χ0) is 22.3. The summed E-state index contributed by atoms with van der Waals surface area (Å²) in [5.74, 6) is -0.497. The summed E-state index contributed by atoms with van der Waals surface area (Å²) in [6.45, 7) is 4.12. The monoisotopic (exact) mass is 622 g/mol. The second-order valence-corrected chi connectivity index (χ2v) is 42.2. The molecule has 1 aliphatic carbocycles. The number of allylic oxidation sites excluding steroid dienone is 4. The first-order chi connectivity index (χ1) is 13.3. The van der Waals surface area contributed by atoms with E-state index in [1.807, 2.05) is 0 Å². The molecule has 0 bridgehead atoms. The first-order valence-electron chi connectivity index (χ1n) is 11.0. The van der Waals surface area contributed by atoms with Crippen molar-refractivity contribution in [3.8, 4) is 0 Å². The molecule has 166 valence electrons. The van der Waals surface area contributed by atoms with Crippen molar-refractivity contribution >= 4 is 48.7 Å². The Morgan fingerprint density at radius 1 is 0.793 bits per heavy atom. The predicted molar refractivity (Wildman–Crippen MR) is 126 cm³/mol. The van der Waals surface area contributed by atoms with Crippen molar-refractivity contribution in [2.45, 2.75) is 65.2 Å². The fourth-order valence-electron chi connectivity index (χ4n) is 3.76. The number of carbonyl (C=O) groups excluding carboxylic acids is 2. The van der Waals surface area contributed by atoms with Crippen LogP contribution in [0, 0.1) is 17.3 Å². The number of esters is 2. The Kier molecular flexibility index (Phi) is 10.8. The predicted octanol–water partition coefficient (Wildman–Crippen LogP) is 5.91. The molecule has 0 radical (unpaired) electrons. The Bertz CT molecular complexity index is 557. The number of hydrogen-bond donors (Lipinski definition) is 0. The SMILES string of the molecule is CCOC(=O)C1(C(=O)OCC)C[C@@H](/C=C\[CH2][Sn]([CH3])([CH3])[CH3])[C@H](/C=C/[CH2][Sn]([CH3])([CH3])[CH3])C1. The number of ether oxygens (including phenoxy) is 2. The van der Waals surface area contributed by atoms with Crippen LogP contribution < -0.4 is 0 Å². The first-order valence-corrected chi connectivity index (χ1v) is 32.2. The van der Waals surface area contributed by atoms with Crippen molar-refractivity contribution in [2.75, 3.05) is 13.2 Å². The molecule has 29 heavy (non-hydrogen) atoms. The van der Waals surface area contributed by atoms with Crippen molar-refractivity contribution in [3.05, 3.63) is 24.3 Å². The van der Waals surface area contributed by atoms with Crippen LogP contribution in [0.4, 0.5) is 0 Å². The van der Waals surface area contributed by atoms with Crippen LogP contribution in [0.25, 0.3) is 0 Å². The molecule has 0 amide bonds. The van der Waals surface area contributed by atoms with Crippen molar-refractivity contribution in [1.29, 1.82) is 0 Å². The molecule has 0 unspecified atom stereocenters. The summed E-state index contributed by atoms with van der Waals surface area (Å²) < 4.78 is 13.0. The van der Waals surface area contributed by atoms with E-state index in [9.17, 15) is 9.59 Å². The summed E-state index contributed by atoms with van der Waals surface area (Å²) in [5, 5.41) is 0. The maximum atomic E-state index is 12.9. The topological polar surface area (TPSA) is 52.6 Å². The molecule has 0 aromatic carbocycles. The molecule has 2 atom stereocenters. The minimum atomic E-state index is -1.90. The molecule has 1 rings (SSSR count). The molecular formula is C23H42O4Sn2. The van der Waals surface area contributed by atoms with Crippen LogP contribution in [-0.2, 0) is 19.1 Å². The van der Waals surface area contributed by atoms with Crippen molar-refractivity contribution in [3.63, 3.8) is 0 Å². The van der Waals surface area contributed by atoms with Crippen LogP contribution in [0.3, 0.4) is 0 Å². The third-order valence-electron chi connectivity index (χ3n) is 5.28. The van der Waals surface area contributed by atoms with Gasteiger partial charge in [-0.15, -0.1) is 0 Å². The van der Waals surface area contributed by atoms with E-state index in [1.54, 1.807) is 13.8 Å². The molecular weight excluding hydrogens is 578 g/mol. The quantitative estimate of drug-likeness (QED) is 0.132. The fraction of sp³-hybridized carbons (Fsp3) is 0.739. The minimum absolute atomic E-state index is 0.170. The summed E-state index contributed by atoms with van der Waals surface area (Å²) in [5.41, 5.74) is -1.17. The number of hydrogen-bond acceptors (Lipinski definition) is 4. The van der Waals surface area contributed by atoms with E-state index in [-0.39, 0.29) is 25.0 Å². The van der Waals surface area contributed by atoms with Gasteiger partial charge in [-0.2, -0.15) is 0 Å². The Balaban J connectivity index is 3.19. The zero-order valence-electron chi connectivity index (χ0n) is 19.8. The maximum absolute atomic E-state index is 12.9. The molecule has 0 spiro atoms. The molecule has 0 saturated heterocycles. The first kappa shape index (κ1) is 27.1. The van der Waals surface area contributed by atoms with Gasteiger partial charge < -0.3 is 0 Å². The van der Waals surface area contributed by atoms with Crippen LogP contribution in [0.5, 0.6) is 0 Å². The van der Waals surface area contributed by atoms with E-state index in [2.05, 4.69) is 53.9 Å². The number of rotatable bonds is 10. The zero-order valence-corrected chi connectivity index (χ0v) is 25.5. The van der Waals surface area contributed by atoms with Crippen LogP contribution in [0.2, 0.25) is 38.5 Å². The molecule has 0 N–H and O–H groups in total. The van der Waals surface area contributed by atoms with Crippen LogP contribution in [0.1, 0.15) is 26.7 Å². The standard InChI is InChI=1S/C17H24O4.6CH3.2Sn/c1-5-9-13-11-17(15(18)20-7-3,16(19)21-8-4)12-14(13)10-6-2;;;;;;;;/h5-6,9-10,13-14H,1-2,7-8,11-12H2,3-4H3;6*1H3;;/b9-5-,10-6+;;;;;;;;/t13-,14-;;;;;;;;/m1......../s1. The third-order valence-corrected chi connectivity index (χ3v) is 13.6. The van der Waals surface area contributed by atoms with E-state index in [4.69, 9.17) is 9.47 Å². The van der Waals surface area contributed by atoms with E-state index in [0.29, 0.717) is 12.8 Å². The molecule has 1 fully saturated rings. The van der Waals surface area contributed by atoms with Crippen LogP contribution in [0.15, 0.2) is 24.3 Å². The number of carbonyl (C=O) groups is 2. The van der Waals surface area contributed by atoms with E-state index in [1.165, 1.54) is 8.87 Å². The van der Waals surface area contributed by atoms with Crippen LogP contribution >= 0.6 is 0 Å². The Hall–Kier alpha value is 0.0174. The molecule has 1 saturated carbocycles. The van der Waals surface area contributed by atoms with Gasteiger partial charge >= 0.3 is 188 Å². The van der Waals surface area contributed by atoms with E-state index >= 15 is 0 Å². The summed E-state index contributed by atoms with van der Waals surface area (Å²) in [6.07, 6.45) is 10.1. The second-order valence-electron chi connectivity index (χ2n) is 10.6. The van der Waals surface area contributed by atoms with Gasteiger partial charge in [0, 0.05) is 0 Å². The Labute approximate surface area is 186 Å². The van der Waals surface area contributed by atoms with Crippen LogP contribution in [-0.4, -0.2) is 61.9 Å². The van der Waals surface area contributed by atoms with Gasteiger partial charge in [-0.3, -0.25) is 0 Å². The summed E-state index contributed by atoms with van der Waals surface area (Å²) >= 11 is -3.80. The van der Waals surface area contributed by atoms with Gasteiger partial charge in [0.15, 0.2) is 0 Å². The molecule has 6 heteroatoms. The summed E-state index contributed by atoms with van der Waals surface area (Å²) in [7, 11) is 0. The Morgan fingerprint density at radius 3 is 1.41 bits per heavy atom. The molecule has 1 aliphatic rings. The Morgan fingerprint density at radius 2 is 1.14 bits per heavy atom. The van der Waals surface area contributed by atoms with Gasteiger partial charge in [-0.05, 0) is 0 Å². The van der Waals surface area contributed by atoms with Gasteiger partial charge in [-0.1, -0.05) is 0 Å². The van der Waals surface area contributed by atoms with Crippen molar-refractivity contribution < 1.29 is 19.1 Å². The molecule has 0 aliphatic heterocycles. The second kappa shape index (κ2) is 11.6. The average Bonchev–Trinajstić information content (AvgIpc) is 2.93. The fourth-order valence-corrected chi connectivity index (χ4v) is 8.57. The van der Waals surface area contributed by atoms with Gasteiger partial charge in [0.1, 0.15) is 0 Å². The molecule has 0 aromatic rings. The molecule has 0 aromatic heterocycles. The van der Waals surface area contributed by atoms with Gasteiger partial charge in [0.25, 0.3) is 0 Å². The van der Waals surface area contributed by atoms with Crippen molar-refractivity contribution in [1.82, 2.24) is 0 Å². The normalized spacial score (nSPS) is 22.3. The van der Waals surface area contributed by atoms with Gasteiger partial charge in [0.05, 0.1) is 0 Å². The van der Waals surface area contributed by atoms with E-state index < -0.39 is 54.1 Å². The third kappa shape index (κ3) is 8.96. The van der Waals surface area contributed by atoms with Crippen molar-refractivity contribution in [2.24, 2.45) is 17.3 Å². The summed E-state index contributed by atoms with van der Waals surface area (Å²) in [4.78, 5) is 40.3. The molecule has 0 heterocycles.